The predicted molar refractivity (Wildman–Crippen MR) is 120 cm³/mol. The number of nitrogens with zero attached hydrogens (tertiary/aromatic N) is 3. The first-order valence-electron chi connectivity index (χ1n) is 9.60. The summed E-state index contributed by atoms with van der Waals surface area (Å²) in [5.74, 6) is 1.91. The molecule has 0 aliphatic heterocycles. The van der Waals surface area contributed by atoms with Crippen molar-refractivity contribution >= 4 is 32.7 Å². The summed E-state index contributed by atoms with van der Waals surface area (Å²) in [6.07, 6.45) is 0. The second-order valence-electron chi connectivity index (χ2n) is 6.66. The number of aromatic nitrogens is 3. The van der Waals surface area contributed by atoms with Crippen LogP contribution >= 0.6 is 11.3 Å². The average molecular weight is 430 g/mol. The highest BCUT2D eigenvalue weighted by atomic mass is 32.1. The summed E-state index contributed by atoms with van der Waals surface area (Å²) in [7, 11) is 1.63. The summed E-state index contributed by atoms with van der Waals surface area (Å²) in [6, 6.07) is 23.7. The molecule has 0 atom stereocenters. The number of thiazole rings is 1. The molecule has 0 radical (unpaired) electrons. The lowest BCUT2D eigenvalue weighted by Gasteiger charge is -2.06. The maximum Gasteiger partial charge on any atom is 0.322 e. The number of para-hydroxylation sites is 1. The minimum atomic E-state index is 0.275. The van der Waals surface area contributed by atoms with Crippen LogP contribution in [0.15, 0.2) is 77.2 Å². The highest BCUT2D eigenvalue weighted by molar-refractivity contribution is 7.22. The molecule has 1 N–H and O–H groups in total. The highest BCUT2D eigenvalue weighted by Gasteiger charge is 2.13. The Hall–Kier alpha value is -3.91. The van der Waals surface area contributed by atoms with Crippen LogP contribution in [0.3, 0.4) is 0 Å². The Balaban J connectivity index is 1.27. The third kappa shape index (κ3) is 4.19. The van der Waals surface area contributed by atoms with Gasteiger partial charge in [-0.1, -0.05) is 52.8 Å². The molecule has 0 fully saturated rings. The van der Waals surface area contributed by atoms with Gasteiger partial charge in [0.05, 0.1) is 11.8 Å². The zero-order valence-corrected chi connectivity index (χ0v) is 17.4. The van der Waals surface area contributed by atoms with Gasteiger partial charge in [0.1, 0.15) is 23.6 Å². The molecular formula is C23H18N4O3S. The quantitative estimate of drug-likeness (QED) is 0.356. The fourth-order valence-electron chi connectivity index (χ4n) is 3.06. The topological polar surface area (TPSA) is 82.3 Å². The van der Waals surface area contributed by atoms with E-state index >= 15 is 0 Å². The maximum absolute atomic E-state index is 5.82. The normalized spacial score (nSPS) is 10.9. The minimum Gasteiger partial charge on any atom is -0.494 e. The van der Waals surface area contributed by atoms with Gasteiger partial charge in [-0.05, 0) is 42.0 Å². The van der Waals surface area contributed by atoms with Crippen molar-refractivity contribution in [3.63, 3.8) is 0 Å². The number of anilines is 2. The van der Waals surface area contributed by atoms with Crippen LogP contribution in [0.4, 0.5) is 11.1 Å². The smallest absolute Gasteiger partial charge is 0.322 e. The lowest BCUT2D eigenvalue weighted by atomic mass is 10.2. The zero-order chi connectivity index (χ0) is 21.0. The van der Waals surface area contributed by atoms with E-state index in [2.05, 4.69) is 20.5 Å². The van der Waals surface area contributed by atoms with E-state index in [-0.39, 0.29) is 6.01 Å². The van der Waals surface area contributed by atoms with Crippen molar-refractivity contribution in [2.45, 2.75) is 6.61 Å². The Labute approximate surface area is 182 Å². The molecule has 0 saturated carbocycles. The summed E-state index contributed by atoms with van der Waals surface area (Å²) >= 11 is 1.49. The summed E-state index contributed by atoms with van der Waals surface area (Å²) in [5.41, 5.74) is 2.72. The van der Waals surface area contributed by atoms with Gasteiger partial charge in [0, 0.05) is 5.56 Å². The summed E-state index contributed by atoms with van der Waals surface area (Å²) in [5, 5.41) is 11.9. The third-order valence-corrected chi connectivity index (χ3v) is 5.53. The van der Waals surface area contributed by atoms with E-state index in [0.29, 0.717) is 17.6 Å². The van der Waals surface area contributed by atoms with Gasteiger partial charge in [-0.2, -0.15) is 0 Å². The SMILES string of the molecule is COc1cccc2sc(Nc3nnc(-c4ccc(OCc5ccccc5)cc4)o3)nc12. The van der Waals surface area contributed by atoms with Gasteiger partial charge in [0.15, 0.2) is 5.13 Å². The molecule has 154 valence electrons. The Kier molecular flexibility index (Phi) is 5.20. The Morgan fingerprint density at radius 3 is 2.58 bits per heavy atom. The molecule has 0 aliphatic carbocycles. The lowest BCUT2D eigenvalue weighted by molar-refractivity contribution is 0.306. The Morgan fingerprint density at radius 2 is 1.77 bits per heavy atom. The largest absolute Gasteiger partial charge is 0.494 e. The summed E-state index contributed by atoms with van der Waals surface area (Å²) < 4.78 is 17.9. The highest BCUT2D eigenvalue weighted by Crippen LogP contribution is 2.33. The van der Waals surface area contributed by atoms with Crippen molar-refractivity contribution < 1.29 is 13.9 Å². The Morgan fingerprint density at radius 1 is 0.935 bits per heavy atom. The molecule has 0 aliphatic rings. The third-order valence-electron chi connectivity index (χ3n) is 4.59. The molecule has 2 heterocycles. The number of ether oxygens (including phenoxy) is 2. The first-order chi connectivity index (χ1) is 15.3. The second kappa shape index (κ2) is 8.45. The van der Waals surface area contributed by atoms with Crippen LogP contribution in [0.2, 0.25) is 0 Å². The van der Waals surface area contributed by atoms with Crippen LogP contribution in [-0.4, -0.2) is 22.3 Å². The molecule has 0 spiro atoms. The van der Waals surface area contributed by atoms with Gasteiger partial charge in [-0.15, -0.1) is 5.10 Å². The van der Waals surface area contributed by atoms with E-state index in [1.165, 1.54) is 11.3 Å². The molecule has 5 aromatic rings. The van der Waals surface area contributed by atoms with E-state index in [1.54, 1.807) is 7.11 Å². The van der Waals surface area contributed by atoms with E-state index in [0.717, 1.165) is 32.8 Å². The number of nitrogens with one attached hydrogen (secondary N) is 1. The van der Waals surface area contributed by atoms with Crippen LogP contribution in [0.25, 0.3) is 21.7 Å². The number of hydrogen-bond donors (Lipinski definition) is 1. The van der Waals surface area contributed by atoms with Crippen molar-refractivity contribution in [1.82, 2.24) is 15.2 Å². The molecule has 3 aromatic carbocycles. The van der Waals surface area contributed by atoms with E-state index in [1.807, 2.05) is 72.8 Å². The molecule has 0 amide bonds. The second-order valence-corrected chi connectivity index (χ2v) is 7.69. The van der Waals surface area contributed by atoms with Gasteiger partial charge >= 0.3 is 6.01 Å². The van der Waals surface area contributed by atoms with Crippen molar-refractivity contribution in [2.75, 3.05) is 12.4 Å². The van der Waals surface area contributed by atoms with Crippen LogP contribution in [-0.2, 0) is 6.61 Å². The Bertz CT molecular complexity index is 1300. The van der Waals surface area contributed by atoms with Gasteiger partial charge in [-0.3, -0.25) is 5.32 Å². The monoisotopic (exact) mass is 430 g/mol. The lowest BCUT2D eigenvalue weighted by Crippen LogP contribution is -1.94. The first-order valence-corrected chi connectivity index (χ1v) is 10.4. The maximum atomic E-state index is 5.82. The standard InChI is InChI=1S/C23H18N4O3S/c1-28-18-8-5-9-19-20(18)24-23(31-19)25-22-27-26-21(30-22)16-10-12-17(13-11-16)29-14-15-6-3-2-4-7-15/h2-13H,14H2,1H3,(H,24,25,27). The molecular weight excluding hydrogens is 412 g/mol. The predicted octanol–water partition coefficient (Wildman–Crippen LogP) is 5.68. The number of fused-ring (bicyclic) bond motifs is 1. The van der Waals surface area contributed by atoms with Crippen LogP contribution in [0, 0.1) is 0 Å². The van der Waals surface area contributed by atoms with Crippen molar-refractivity contribution in [3.8, 4) is 23.0 Å². The van der Waals surface area contributed by atoms with Gasteiger partial charge in [-0.25, -0.2) is 4.98 Å². The average Bonchev–Trinajstić information content (AvgIpc) is 3.45. The number of rotatable bonds is 7. The van der Waals surface area contributed by atoms with Crippen molar-refractivity contribution in [2.24, 2.45) is 0 Å². The number of methoxy groups -OCH3 is 1. The van der Waals surface area contributed by atoms with E-state index in [4.69, 9.17) is 13.9 Å². The number of benzene rings is 3. The van der Waals surface area contributed by atoms with E-state index in [9.17, 15) is 0 Å². The molecule has 2 aromatic heterocycles. The molecule has 8 heteroatoms. The van der Waals surface area contributed by atoms with Gasteiger partial charge < -0.3 is 13.9 Å². The van der Waals surface area contributed by atoms with Crippen LogP contribution < -0.4 is 14.8 Å². The summed E-state index contributed by atoms with van der Waals surface area (Å²) in [6.45, 7) is 0.516. The molecule has 0 unspecified atom stereocenters. The van der Waals surface area contributed by atoms with Gasteiger partial charge in [0.2, 0.25) is 5.89 Å². The molecule has 5 rings (SSSR count). The molecule has 7 nitrogen and oxygen atoms in total. The zero-order valence-electron chi connectivity index (χ0n) is 16.6. The molecule has 0 saturated heterocycles. The van der Waals surface area contributed by atoms with Crippen LogP contribution in [0.1, 0.15) is 5.56 Å². The summed E-state index contributed by atoms with van der Waals surface area (Å²) in [4.78, 5) is 4.56. The van der Waals surface area contributed by atoms with E-state index < -0.39 is 0 Å². The first kappa shape index (κ1) is 19.1. The van der Waals surface area contributed by atoms with Crippen LogP contribution in [0.5, 0.6) is 11.5 Å². The fraction of sp³-hybridized carbons (Fsp3) is 0.0870. The van der Waals surface area contributed by atoms with Crippen molar-refractivity contribution in [3.05, 3.63) is 78.4 Å². The minimum absolute atomic E-state index is 0.275. The number of hydrogen-bond acceptors (Lipinski definition) is 8. The fourth-order valence-corrected chi connectivity index (χ4v) is 3.93. The molecule has 0 bridgehead atoms. The molecule has 31 heavy (non-hydrogen) atoms. The van der Waals surface area contributed by atoms with Crippen molar-refractivity contribution in [1.29, 1.82) is 0 Å². The van der Waals surface area contributed by atoms with Gasteiger partial charge in [0.25, 0.3) is 0 Å².